The van der Waals surface area contributed by atoms with Crippen molar-refractivity contribution in [2.45, 2.75) is 131 Å². The normalized spacial score (nSPS) is 31.6. The number of phenols is 2. The molecule has 0 radical (unpaired) electrons. The minimum atomic E-state index is -1.95. The van der Waals surface area contributed by atoms with Gasteiger partial charge in [-0.25, -0.2) is 4.79 Å². The number of piperidine rings is 1. The molecule has 17 nitrogen and oxygen atoms in total. The van der Waals surface area contributed by atoms with Crippen molar-refractivity contribution >= 4 is 34.2 Å². The van der Waals surface area contributed by atoms with E-state index in [1.165, 1.54) is 20.3 Å². The number of morpholine rings is 1. The molecule has 2 spiro atoms. The first kappa shape index (κ1) is 53.7. The SMILES string of the molecule is CC.CO[C@H]1/C=C/OC2(C)Oc3c(C)c(O)c4c(O)c(c5c(c4c3C2=O)=NC2(CCN(CC(C)C)CC2)N=5)NC(=O)/C(C)=C\C=C\[C@H](C)C[C@@H](C)C(O)[C@@H](C)[C@H](OC(=O)N2CCOC3(CN(C)C3)C2)[C@@H]1C. The highest BCUT2D eigenvalue weighted by molar-refractivity contribution is 6.19. The minimum Gasteiger partial charge on any atom is -0.507 e. The molecule has 2 amide bonds. The monoisotopic (exact) mass is 987 g/mol. The summed E-state index contributed by atoms with van der Waals surface area (Å²) in [6, 6.07) is 0. The first-order valence-electron chi connectivity index (χ1n) is 25.6. The van der Waals surface area contributed by atoms with Gasteiger partial charge in [0, 0.05) is 94.5 Å². The average molecular weight is 987 g/mol. The summed E-state index contributed by atoms with van der Waals surface area (Å²) < 4.78 is 31.2. The van der Waals surface area contributed by atoms with Crippen molar-refractivity contribution in [2.24, 2.45) is 39.6 Å². The third-order valence-electron chi connectivity index (χ3n) is 15.2. The summed E-state index contributed by atoms with van der Waals surface area (Å²) in [4.78, 5) is 59.7. The molecule has 2 aromatic carbocycles. The van der Waals surface area contributed by atoms with Crippen LogP contribution in [-0.2, 0) is 23.7 Å². The predicted octanol–water partition coefficient (Wildman–Crippen LogP) is 6.39. The Labute approximate surface area is 418 Å². The Balaban J connectivity index is 0.00000366. The fourth-order valence-electron chi connectivity index (χ4n) is 11.4. The van der Waals surface area contributed by atoms with E-state index >= 15 is 0 Å². The van der Waals surface area contributed by atoms with Crippen LogP contribution in [0.25, 0.3) is 10.8 Å². The van der Waals surface area contributed by atoms with Crippen LogP contribution in [0.2, 0.25) is 0 Å². The van der Waals surface area contributed by atoms with Gasteiger partial charge >= 0.3 is 11.9 Å². The van der Waals surface area contributed by atoms with E-state index < -0.39 is 70.7 Å². The molecular formula is C54H78N6O11. The van der Waals surface area contributed by atoms with Crippen molar-refractivity contribution in [2.75, 3.05) is 71.9 Å². The number of hydrogen-bond donors (Lipinski definition) is 4. The van der Waals surface area contributed by atoms with Crippen molar-refractivity contribution in [1.82, 2.24) is 14.7 Å². The van der Waals surface area contributed by atoms with Gasteiger partial charge in [0.15, 0.2) is 11.4 Å². The summed E-state index contributed by atoms with van der Waals surface area (Å²) in [5.41, 5.74) is -0.851. The topological polar surface area (TPSA) is 205 Å². The number of anilines is 1. The number of ketones is 1. The molecule has 4 N–H and O–H groups in total. The van der Waals surface area contributed by atoms with Crippen molar-refractivity contribution < 1.29 is 53.4 Å². The Morgan fingerprint density at radius 1 is 0.958 bits per heavy atom. The lowest BCUT2D eigenvalue weighted by atomic mass is 9.79. The van der Waals surface area contributed by atoms with E-state index in [9.17, 15) is 29.7 Å². The van der Waals surface area contributed by atoms with Crippen LogP contribution in [0.3, 0.4) is 0 Å². The van der Waals surface area contributed by atoms with Gasteiger partial charge in [0.2, 0.25) is 0 Å². The van der Waals surface area contributed by atoms with Gasteiger partial charge in [-0.1, -0.05) is 73.6 Å². The number of carbonyl (C=O) groups excluding carboxylic acids is 3. The van der Waals surface area contributed by atoms with Crippen molar-refractivity contribution in [3.63, 3.8) is 0 Å². The Morgan fingerprint density at radius 3 is 2.28 bits per heavy atom. The Bertz CT molecular complexity index is 2580. The molecule has 0 aliphatic carbocycles. The molecule has 71 heavy (non-hydrogen) atoms. The number of ether oxygens (including phenoxy) is 5. The van der Waals surface area contributed by atoms with Gasteiger partial charge in [-0.05, 0) is 51.1 Å². The van der Waals surface area contributed by atoms with Crippen LogP contribution in [0, 0.1) is 36.5 Å². The van der Waals surface area contributed by atoms with Crippen LogP contribution in [0.5, 0.6) is 17.2 Å². The zero-order valence-corrected chi connectivity index (χ0v) is 44.1. The van der Waals surface area contributed by atoms with Gasteiger partial charge in [0.05, 0.1) is 47.9 Å². The molecule has 0 aromatic heterocycles. The standard InChI is InChI=1S/C52H72N6O11.C2H6/c1-28(2)24-57-18-16-52(17-19-57)54-39-36-37-43(60)34(8)46-38(36)47(62)50(9,69-46)66-21-15-35(65-11)32(6)45(68-49(64)58-20-22-67-51(27-58)25-56(10)26-51)33(7)42(59)31(5)23-29(3)13-12-14-30(4)48(63)53-41(44(37)61)40(39)55-52;1-2/h12-15,21,28-29,31-33,35,42,45,59-61H,16-20,22-27H2,1-11H3,(H,53,63);1-2H3/b13-12+,21-15+,30-14-;/t29-,31+,32+,33+,35-,42?,45+,50?;/m0./s1. The number of fused-ring (bicyclic) bond motifs is 13. The van der Waals surface area contributed by atoms with Gasteiger partial charge in [-0.3, -0.25) is 19.6 Å². The first-order valence-corrected chi connectivity index (χ1v) is 25.6. The van der Waals surface area contributed by atoms with Crippen LogP contribution in [0.4, 0.5) is 10.5 Å². The van der Waals surface area contributed by atoms with Gasteiger partial charge < -0.3 is 59.0 Å². The van der Waals surface area contributed by atoms with E-state index in [0.29, 0.717) is 76.6 Å². The van der Waals surface area contributed by atoms with Gasteiger partial charge in [0.25, 0.3) is 11.7 Å². The van der Waals surface area contributed by atoms with E-state index in [-0.39, 0.29) is 61.6 Å². The van der Waals surface area contributed by atoms with E-state index in [0.717, 1.165) is 6.54 Å². The lowest BCUT2D eigenvalue weighted by Crippen LogP contribution is -2.69. The number of likely N-dealkylation sites (tertiary alicyclic amines) is 2. The maximum absolute atomic E-state index is 14.9. The number of aliphatic hydroxyl groups excluding tert-OH is 1. The van der Waals surface area contributed by atoms with Crippen LogP contribution in [-0.4, -0.2) is 150 Å². The first-order chi connectivity index (χ1) is 33.6. The molecule has 7 aliphatic heterocycles. The third kappa shape index (κ3) is 10.4. The summed E-state index contributed by atoms with van der Waals surface area (Å²) in [7, 11) is 3.53. The molecule has 8 atom stereocenters. The molecule has 390 valence electrons. The second-order valence-electron chi connectivity index (χ2n) is 21.3. The maximum Gasteiger partial charge on any atom is 0.410 e. The maximum atomic E-state index is 14.9. The number of allylic oxidation sites excluding steroid dienone is 3. The number of aliphatic hydroxyl groups is 1. The summed E-state index contributed by atoms with van der Waals surface area (Å²) in [5.74, 6) is -4.70. The fourth-order valence-corrected chi connectivity index (χ4v) is 11.4. The number of likely N-dealkylation sites (N-methyl/N-ethyl adjacent to an activating group) is 1. The van der Waals surface area contributed by atoms with Gasteiger partial charge in [-0.2, -0.15) is 0 Å². The molecule has 17 heteroatoms. The highest BCUT2D eigenvalue weighted by Crippen LogP contribution is 2.50. The van der Waals surface area contributed by atoms with E-state index in [2.05, 4.69) is 29.0 Å². The summed E-state index contributed by atoms with van der Waals surface area (Å²) in [5, 5.41) is 39.6. The van der Waals surface area contributed by atoms with Crippen LogP contribution < -0.4 is 20.8 Å². The number of Topliss-reactive ketones (excluding diaryl/α,β-unsaturated/α-hetero) is 1. The lowest BCUT2D eigenvalue weighted by Gasteiger charge is -2.52. The summed E-state index contributed by atoms with van der Waals surface area (Å²) in [6.45, 7) is 25.7. The second kappa shape index (κ2) is 21.2. The van der Waals surface area contributed by atoms with Crippen LogP contribution in [0.15, 0.2) is 46.1 Å². The van der Waals surface area contributed by atoms with E-state index in [1.54, 1.807) is 37.0 Å². The number of methoxy groups -OCH3 is 1. The van der Waals surface area contributed by atoms with Crippen LogP contribution in [0.1, 0.15) is 104 Å². The van der Waals surface area contributed by atoms with E-state index in [4.69, 9.17) is 33.7 Å². The molecule has 7 aliphatic rings. The number of phenolic OH excluding ortho intramolecular Hbond substituents is 2. The Kier molecular flexibility index (Phi) is 16.0. The predicted molar refractivity (Wildman–Crippen MR) is 270 cm³/mol. The second-order valence-corrected chi connectivity index (χ2v) is 21.3. The number of amides is 2. The number of nitrogens with zero attached hydrogens (tertiary/aromatic N) is 5. The molecule has 7 heterocycles. The van der Waals surface area contributed by atoms with Crippen molar-refractivity contribution in [3.05, 3.63) is 58.0 Å². The number of hydrogen-bond acceptors (Lipinski definition) is 15. The quantitative estimate of drug-likeness (QED) is 0.246. The van der Waals surface area contributed by atoms with E-state index in [1.807, 2.05) is 54.7 Å². The molecule has 3 fully saturated rings. The number of aromatic hydroxyl groups is 2. The molecule has 0 saturated carbocycles. The fraction of sp³-hybridized carbons (Fsp3) is 0.648. The molecule has 3 saturated heterocycles. The lowest BCUT2D eigenvalue weighted by molar-refractivity contribution is -0.175. The zero-order chi connectivity index (χ0) is 51.9. The largest absolute Gasteiger partial charge is 0.507 e. The molecule has 2 aromatic rings. The molecule has 2 unspecified atom stereocenters. The van der Waals surface area contributed by atoms with Crippen molar-refractivity contribution in [1.29, 1.82) is 0 Å². The highest BCUT2D eigenvalue weighted by atomic mass is 16.7. The van der Waals surface area contributed by atoms with Gasteiger partial charge in [-0.15, -0.1) is 0 Å². The van der Waals surface area contributed by atoms with Crippen molar-refractivity contribution in [3.8, 4) is 17.2 Å². The third-order valence-corrected chi connectivity index (χ3v) is 15.2. The smallest absolute Gasteiger partial charge is 0.410 e. The number of nitrogens with one attached hydrogen (secondary N) is 1. The molecule has 5 bridgehead atoms. The van der Waals surface area contributed by atoms with Gasteiger partial charge in [0.1, 0.15) is 34.2 Å². The molecular weight excluding hydrogens is 909 g/mol. The minimum absolute atomic E-state index is 0.0176. The Hall–Kier alpha value is -5.07. The van der Waals surface area contributed by atoms with Crippen LogP contribution >= 0.6 is 0 Å². The number of benzene rings is 2. The highest BCUT2D eigenvalue weighted by Gasteiger charge is 2.51. The zero-order valence-electron chi connectivity index (χ0n) is 44.1. The number of rotatable bonds is 4. The summed E-state index contributed by atoms with van der Waals surface area (Å²) in [6.07, 6.45) is 7.10. The average Bonchev–Trinajstić information content (AvgIpc) is 3.83. The number of carbonyl (C=O) groups is 3. The Morgan fingerprint density at radius 2 is 1.63 bits per heavy atom. The molecule has 9 rings (SSSR count). The summed E-state index contributed by atoms with van der Waals surface area (Å²) >= 11 is 0.